The molecule has 8 amide bonds. The third-order valence-corrected chi connectivity index (χ3v) is 16.9. The highest BCUT2D eigenvalue weighted by molar-refractivity contribution is 7.90. The van der Waals surface area contributed by atoms with Crippen molar-refractivity contribution >= 4 is 59.8 Å². The summed E-state index contributed by atoms with van der Waals surface area (Å²) in [5.41, 5.74) is 0.846. The summed E-state index contributed by atoms with van der Waals surface area (Å²) in [5.74, 6) is -8.69. The van der Waals surface area contributed by atoms with Crippen LogP contribution in [0.25, 0.3) is 16.0 Å². The highest BCUT2D eigenvalue weighted by Gasteiger charge is 2.50. The number of ether oxygens (including phenoxy) is 2. The largest absolute Gasteiger partial charge is 0.504 e. The normalized spacial score (nSPS) is 26.1. The first-order valence-corrected chi connectivity index (χ1v) is 31.3. The summed E-state index contributed by atoms with van der Waals surface area (Å²) in [6, 6.07) is 5.13. The molecule has 0 aromatic heterocycles. The van der Waals surface area contributed by atoms with Gasteiger partial charge in [0.2, 0.25) is 42.0 Å². The standard InChI is InChI=1S/C62H83N9O21S/c1-32-29-71-52(53(32)78)58(83)64-27-40(73)25-43(66-54(79)38-15-13-36(14-16-38)37-17-19-42(20-18-37)88-31-39(22-34-10-8-7-9-11-34)65-61(86)89-62(3,4)5)55(80)67-49(33(2)72)59(84)70-30-41(74)26-44(70)56(81)68-50(57(82)69-51(60(71)85)47(77)28-63-6)46(76)23-35-12-21-45(75)48(24-35)90-93-92-91-87/h12-21,24,32-34,39-41,43-44,46-47,49-53,72-78,87H,7-11,22-23,25-31H2,1-5H3,(H,64,83)(H,65,86)(H,66,79)(H,67,80)(H,68,81)(H,69,82)/t32?,33?,39?,40-,41?,43-,44?,46+,47+,49?,50?,51-,52?,53-/m0/s1. The molecule has 14 atom stereocenters. The van der Waals surface area contributed by atoms with Crippen LogP contribution in [0, 0.1) is 18.4 Å². The molecule has 1 saturated carbocycles. The van der Waals surface area contributed by atoms with Crippen LogP contribution >= 0.6 is 12.3 Å². The van der Waals surface area contributed by atoms with E-state index in [1.54, 1.807) is 45.0 Å². The molecule has 3 heterocycles. The number of carbonyl (C=O) groups is 8. The Bertz CT molecular complexity index is 3130. The summed E-state index contributed by atoms with van der Waals surface area (Å²) >= 11 is 0.0663. The lowest BCUT2D eigenvalue weighted by molar-refractivity contribution is -0.433. The van der Waals surface area contributed by atoms with E-state index in [9.17, 15) is 74.1 Å². The van der Waals surface area contributed by atoms with Gasteiger partial charge < -0.3 is 95.9 Å². The van der Waals surface area contributed by atoms with E-state index in [0.29, 0.717) is 17.2 Å². The predicted molar refractivity (Wildman–Crippen MR) is 329 cm³/mol. The number of nitrogens with zero attached hydrogens (tertiary/aromatic N) is 3. The van der Waals surface area contributed by atoms with E-state index < -0.39 is 176 Å². The van der Waals surface area contributed by atoms with Gasteiger partial charge in [-0.15, -0.1) is 0 Å². The van der Waals surface area contributed by atoms with Crippen molar-refractivity contribution < 1.29 is 102 Å². The highest BCUT2D eigenvalue weighted by atomic mass is 32.2. The third-order valence-electron chi connectivity index (χ3n) is 16.5. The zero-order valence-corrected chi connectivity index (χ0v) is 52.9. The van der Waals surface area contributed by atoms with Crippen molar-refractivity contribution in [2.45, 2.75) is 177 Å². The van der Waals surface area contributed by atoms with Crippen molar-refractivity contribution in [3.63, 3.8) is 0 Å². The van der Waals surface area contributed by atoms with E-state index in [-0.39, 0.29) is 48.4 Å². The topological polar surface area (TPSA) is 428 Å². The SMILES string of the molecule is [C-]#[N+]C[C@@H](O)[C@@H]1NC(=O)C([C@H](O)Cc2ccc(O)c(OSOOO)c2)NC(=O)C2CC(O)CN2C(=O)C(C(C)O)NC(=O)[C@@H](NC(=O)c2ccc(-c3ccc(OCC(CC4CCCCC4)NC(=O)OC(C)(C)C)cc3)cc2)C[C@H](O)CNC(=O)C2[C@@H](O)C(C)CN2C1=O. The average Bonchev–Trinajstić information content (AvgIpc) is 1.77. The quantitative estimate of drug-likeness (QED) is 0.0256. The molecule has 14 N–H and O–H groups in total. The summed E-state index contributed by atoms with van der Waals surface area (Å²) < 4.78 is 21.0. The molecule has 4 fully saturated rings. The minimum Gasteiger partial charge on any atom is -0.504 e. The Labute approximate surface area is 541 Å². The van der Waals surface area contributed by atoms with E-state index in [1.807, 2.05) is 12.1 Å². The van der Waals surface area contributed by atoms with Crippen LogP contribution < -0.4 is 40.8 Å². The number of aliphatic hydroxyl groups excluding tert-OH is 6. The first-order valence-electron chi connectivity index (χ1n) is 30.6. The smallest absolute Gasteiger partial charge is 0.407 e. The number of carbonyl (C=O) groups excluding carboxylic acids is 8. The lowest BCUT2D eigenvalue weighted by Crippen LogP contribution is -2.64. The van der Waals surface area contributed by atoms with Crippen LogP contribution in [-0.2, 0) is 49.3 Å². The molecule has 1 aliphatic carbocycles. The molecule has 3 aliphatic heterocycles. The Morgan fingerprint density at radius 1 is 0.785 bits per heavy atom. The van der Waals surface area contributed by atoms with Crippen LogP contribution in [0.15, 0.2) is 66.7 Å². The molecular formula is C62H83N9O21S. The zero-order valence-electron chi connectivity index (χ0n) is 52.0. The van der Waals surface area contributed by atoms with Crippen LogP contribution in [0.5, 0.6) is 17.2 Å². The van der Waals surface area contributed by atoms with Crippen LogP contribution in [0.2, 0.25) is 0 Å². The van der Waals surface area contributed by atoms with Crippen LogP contribution in [0.3, 0.4) is 0 Å². The number of β-amino-alcohol motifs (C(OH)–C–C–N with tert-alkyl or cyclic N) is 1. The molecule has 0 radical (unpaired) electrons. The molecule has 4 aliphatic rings. The minimum atomic E-state index is -2.16. The van der Waals surface area contributed by atoms with Gasteiger partial charge in [0.1, 0.15) is 54.2 Å². The van der Waals surface area contributed by atoms with Crippen molar-refractivity contribution in [1.29, 1.82) is 0 Å². The van der Waals surface area contributed by atoms with Crippen LogP contribution in [0.1, 0.15) is 102 Å². The molecule has 93 heavy (non-hydrogen) atoms. The molecule has 3 aromatic carbocycles. The Kier molecular flexibility index (Phi) is 26.0. The number of phenolic OH excluding ortho intramolecular Hbond substituents is 1. The van der Waals surface area contributed by atoms with Gasteiger partial charge >= 0.3 is 6.09 Å². The second kappa shape index (κ2) is 33.3. The molecule has 3 aromatic rings. The summed E-state index contributed by atoms with van der Waals surface area (Å²) in [7, 11) is 0. The Morgan fingerprint density at radius 3 is 2.08 bits per heavy atom. The maximum atomic E-state index is 14.7. The molecule has 508 valence electrons. The van der Waals surface area contributed by atoms with Crippen molar-refractivity contribution in [1.82, 2.24) is 41.7 Å². The lowest BCUT2D eigenvalue weighted by Gasteiger charge is -2.33. The molecule has 7 rings (SSSR count). The number of alkyl carbamates (subject to hydrolysis) is 1. The average molecular weight is 1320 g/mol. The highest BCUT2D eigenvalue weighted by Crippen LogP contribution is 2.33. The Morgan fingerprint density at radius 2 is 1.43 bits per heavy atom. The van der Waals surface area contributed by atoms with Gasteiger partial charge in [-0.05, 0) is 93.1 Å². The second-order valence-corrected chi connectivity index (χ2v) is 25.4. The molecule has 30 nitrogen and oxygen atoms in total. The molecule has 31 heteroatoms. The number of benzene rings is 3. The van der Waals surface area contributed by atoms with Gasteiger partial charge in [-0.2, -0.15) is 0 Å². The number of hydrogen-bond donors (Lipinski definition) is 14. The van der Waals surface area contributed by atoms with E-state index in [2.05, 4.69) is 46.1 Å². The number of amides is 8. The summed E-state index contributed by atoms with van der Waals surface area (Å²) in [6.07, 6.45) is -6.54. The van der Waals surface area contributed by atoms with Gasteiger partial charge in [0.25, 0.3) is 18.2 Å². The van der Waals surface area contributed by atoms with E-state index in [4.69, 9.17) is 25.5 Å². The van der Waals surface area contributed by atoms with Crippen LogP contribution in [0.4, 0.5) is 4.79 Å². The van der Waals surface area contributed by atoms with Gasteiger partial charge in [0.05, 0.1) is 36.6 Å². The maximum Gasteiger partial charge on any atom is 0.407 e. The second-order valence-electron chi connectivity index (χ2n) is 24.9. The Balaban J connectivity index is 1.15. The number of rotatable bonds is 19. The predicted octanol–water partition coefficient (Wildman–Crippen LogP) is 0.533. The van der Waals surface area contributed by atoms with E-state index in [0.717, 1.165) is 66.5 Å². The first-order chi connectivity index (χ1) is 44.1. The minimum absolute atomic E-state index is 0.0207. The lowest BCUT2D eigenvalue weighted by atomic mass is 9.85. The number of nitrogens with one attached hydrogen (secondary N) is 6. The first kappa shape index (κ1) is 72.5. The number of aliphatic hydroxyl groups is 6. The number of aromatic hydroxyl groups is 1. The zero-order chi connectivity index (χ0) is 67.8. The number of fused-ring (bicyclic) bond motifs is 2. The molecule has 3 saturated heterocycles. The summed E-state index contributed by atoms with van der Waals surface area (Å²) in [6.45, 7) is 13.2. The van der Waals surface area contributed by atoms with E-state index in [1.165, 1.54) is 31.5 Å². The van der Waals surface area contributed by atoms with Gasteiger partial charge in [0.15, 0.2) is 17.6 Å². The van der Waals surface area contributed by atoms with E-state index >= 15 is 0 Å². The third kappa shape index (κ3) is 20.1. The van der Waals surface area contributed by atoms with Crippen molar-refractivity contribution in [2.75, 3.05) is 32.8 Å². The molecular weight excluding hydrogens is 1240 g/mol. The molecule has 8 unspecified atom stereocenters. The van der Waals surface area contributed by atoms with Gasteiger partial charge in [-0.3, -0.25) is 33.6 Å². The Hall–Kier alpha value is -7.90. The maximum absolute atomic E-state index is 14.7. The summed E-state index contributed by atoms with van der Waals surface area (Å²) in [4.78, 5) is 119. The van der Waals surface area contributed by atoms with Crippen molar-refractivity contribution in [3.8, 4) is 28.4 Å². The fourth-order valence-corrected chi connectivity index (χ4v) is 12.0. The monoisotopic (exact) mass is 1320 g/mol. The van der Waals surface area contributed by atoms with Crippen molar-refractivity contribution in [3.05, 3.63) is 89.3 Å². The number of phenols is 1. The summed E-state index contributed by atoms with van der Waals surface area (Å²) in [5, 5.41) is 106. The fraction of sp³-hybridized carbons (Fsp3) is 0.565. The number of hydrogen-bond acceptors (Lipinski definition) is 22. The molecule has 0 bridgehead atoms. The molecule has 0 spiro atoms. The fourth-order valence-electron chi connectivity index (χ4n) is 11.8. The van der Waals surface area contributed by atoms with Crippen molar-refractivity contribution in [2.24, 2.45) is 11.8 Å². The van der Waals surface area contributed by atoms with Gasteiger partial charge in [-0.1, -0.05) is 78.7 Å². The van der Waals surface area contributed by atoms with Crippen LogP contribution in [-0.4, -0.2) is 216 Å². The van der Waals surface area contributed by atoms with Gasteiger partial charge in [-0.25, -0.2) is 16.6 Å². The van der Waals surface area contributed by atoms with Gasteiger partial charge in [0, 0.05) is 50.4 Å².